The fourth-order valence-corrected chi connectivity index (χ4v) is 9.55. The Morgan fingerprint density at radius 3 is 2.71 bits per heavy atom. The third-order valence-corrected chi connectivity index (χ3v) is 11.1. The molecule has 2 aromatic rings. The van der Waals surface area contributed by atoms with Gasteiger partial charge >= 0.3 is 0 Å². The number of rotatable bonds is 3. The molecule has 8 heteroatoms. The molecular weight excluding hydrogens is 438 g/mol. The fraction of sp³-hybridized carbons (Fsp3) is 0.769. The van der Waals surface area contributed by atoms with Crippen molar-refractivity contribution in [1.29, 1.82) is 0 Å². The number of aromatic nitrogens is 4. The second kappa shape index (κ2) is 6.83. The first-order valence-corrected chi connectivity index (χ1v) is 13.0. The first-order chi connectivity index (χ1) is 16.3. The van der Waals surface area contributed by atoms with E-state index in [1.54, 1.807) is 17.1 Å². The van der Waals surface area contributed by atoms with Crippen LogP contribution in [0.4, 0.5) is 8.78 Å². The summed E-state index contributed by atoms with van der Waals surface area (Å²) >= 11 is 0. The van der Waals surface area contributed by atoms with E-state index in [0.717, 1.165) is 50.5 Å². The lowest BCUT2D eigenvalue weighted by atomic mass is 9.49. The minimum atomic E-state index is -2.89. The van der Waals surface area contributed by atoms with Crippen molar-refractivity contribution < 1.29 is 18.7 Å². The molecule has 5 saturated carbocycles. The molecule has 2 heterocycles. The number of carbonyl (C=O) groups is 1. The molecule has 5 fully saturated rings. The maximum atomic E-state index is 14.4. The van der Waals surface area contributed by atoms with Crippen LogP contribution in [-0.2, 0) is 11.3 Å². The summed E-state index contributed by atoms with van der Waals surface area (Å²) in [7, 11) is 0. The van der Waals surface area contributed by atoms with Gasteiger partial charge in [-0.15, -0.1) is 5.10 Å². The second-order valence-electron chi connectivity index (χ2n) is 12.2. The number of carbonyl (C=O) groups excluding carboxylic acids is 1. The number of Topliss-reactive ketones (excluding diaryl/α,β-unsaturated/α-hetero) is 1. The average Bonchev–Trinajstić information content (AvgIpc) is 3.15. The third kappa shape index (κ3) is 2.58. The summed E-state index contributed by atoms with van der Waals surface area (Å²) < 4.78 is 30.6. The monoisotopic (exact) mass is 470 g/mol. The molecule has 0 aliphatic heterocycles. The van der Waals surface area contributed by atoms with Gasteiger partial charge in [-0.3, -0.25) is 9.78 Å². The summed E-state index contributed by atoms with van der Waals surface area (Å²) in [5.74, 6) is -1.71. The number of aliphatic hydroxyl groups is 1. The van der Waals surface area contributed by atoms with Crippen molar-refractivity contribution >= 4 is 16.8 Å². The van der Waals surface area contributed by atoms with E-state index in [1.165, 1.54) is 0 Å². The standard InChI is InChI=1S/C26H32F2N4O2/c1-24-9-6-14-15-7-10-25(34)23(26(25,27)28)17(15)3-2-16(14)18(24)4-5-19(24)22(33)13-32-21-8-11-29-12-20(21)30-31-32/h8,11-12,14-19,23,34H,2-7,9-10,13H2,1H3/t14-,15-,16-,17+,18+,19-,23?,24+,25-/m1/s1. The van der Waals surface area contributed by atoms with Crippen LogP contribution in [0.15, 0.2) is 18.5 Å². The van der Waals surface area contributed by atoms with Crippen molar-refractivity contribution in [2.75, 3.05) is 0 Å². The van der Waals surface area contributed by atoms with Gasteiger partial charge in [0.15, 0.2) is 5.78 Å². The van der Waals surface area contributed by atoms with Gasteiger partial charge in [-0.05, 0) is 92.4 Å². The Morgan fingerprint density at radius 2 is 1.85 bits per heavy atom. The number of hydrogen-bond acceptors (Lipinski definition) is 5. The zero-order valence-corrected chi connectivity index (χ0v) is 19.5. The Morgan fingerprint density at radius 1 is 1.09 bits per heavy atom. The van der Waals surface area contributed by atoms with Crippen molar-refractivity contribution in [2.24, 2.45) is 46.8 Å². The lowest BCUT2D eigenvalue weighted by Crippen LogP contribution is -2.50. The van der Waals surface area contributed by atoms with Crippen LogP contribution in [0.1, 0.15) is 58.3 Å². The molecule has 5 aliphatic rings. The SMILES string of the molecule is C[C@]12CC[C@@H]3[C@H]4CC[C@@]5(O)C([C@H]4CC[C@H]3[C@@H]1CC[C@@H]2C(=O)Cn1nnc2cnccc21)C5(F)F. The number of fused-ring (bicyclic) bond motifs is 8. The van der Waals surface area contributed by atoms with Gasteiger partial charge in [-0.25, -0.2) is 13.5 Å². The smallest absolute Gasteiger partial charge is 0.282 e. The van der Waals surface area contributed by atoms with Crippen LogP contribution >= 0.6 is 0 Å². The molecule has 1 unspecified atom stereocenters. The summed E-state index contributed by atoms with van der Waals surface area (Å²) in [4.78, 5) is 17.6. The molecule has 0 bridgehead atoms. The number of hydrogen-bond donors (Lipinski definition) is 1. The third-order valence-electron chi connectivity index (χ3n) is 11.1. The molecule has 1 N–H and O–H groups in total. The van der Waals surface area contributed by atoms with E-state index >= 15 is 0 Å². The largest absolute Gasteiger partial charge is 0.383 e. The predicted octanol–water partition coefficient (Wildman–Crippen LogP) is 4.27. The Hall–Kier alpha value is -1.96. The highest BCUT2D eigenvalue weighted by molar-refractivity contribution is 5.84. The fourth-order valence-electron chi connectivity index (χ4n) is 9.55. The molecule has 9 atom stereocenters. The van der Waals surface area contributed by atoms with Crippen LogP contribution in [0.25, 0.3) is 11.0 Å². The Kier molecular flexibility index (Phi) is 4.29. The highest BCUT2D eigenvalue weighted by Gasteiger charge is 2.84. The van der Waals surface area contributed by atoms with Gasteiger partial charge < -0.3 is 5.11 Å². The molecule has 34 heavy (non-hydrogen) atoms. The number of pyridine rings is 1. The Labute approximate surface area is 197 Å². The van der Waals surface area contributed by atoms with E-state index in [2.05, 4.69) is 22.2 Å². The topological polar surface area (TPSA) is 80.9 Å². The van der Waals surface area contributed by atoms with Crippen molar-refractivity contribution in [3.05, 3.63) is 18.5 Å². The molecule has 5 aliphatic carbocycles. The predicted molar refractivity (Wildman–Crippen MR) is 120 cm³/mol. The van der Waals surface area contributed by atoms with E-state index in [0.29, 0.717) is 29.2 Å². The maximum Gasteiger partial charge on any atom is 0.282 e. The zero-order valence-electron chi connectivity index (χ0n) is 19.5. The number of ketones is 1. The molecule has 7 rings (SSSR count). The minimum absolute atomic E-state index is 0.0153. The first-order valence-electron chi connectivity index (χ1n) is 13.0. The molecule has 182 valence electrons. The van der Waals surface area contributed by atoms with Crippen LogP contribution in [0.3, 0.4) is 0 Å². The summed E-state index contributed by atoms with van der Waals surface area (Å²) in [6.45, 7) is 2.55. The van der Waals surface area contributed by atoms with Gasteiger partial charge in [0, 0.05) is 12.1 Å². The molecule has 0 amide bonds. The molecule has 6 nitrogen and oxygen atoms in total. The maximum absolute atomic E-state index is 14.4. The van der Waals surface area contributed by atoms with Gasteiger partial charge in [-0.1, -0.05) is 12.1 Å². The quantitative estimate of drug-likeness (QED) is 0.725. The minimum Gasteiger partial charge on any atom is -0.383 e. The highest BCUT2D eigenvalue weighted by atomic mass is 19.3. The van der Waals surface area contributed by atoms with Crippen molar-refractivity contribution in [3.8, 4) is 0 Å². The lowest BCUT2D eigenvalue weighted by Gasteiger charge is -2.55. The normalized spacial score (nSPS) is 46.3. The summed E-state index contributed by atoms with van der Waals surface area (Å²) in [6.07, 6.45) is 10.1. The number of nitrogens with zero attached hydrogens (tertiary/aromatic N) is 4. The Bertz CT molecular complexity index is 1170. The van der Waals surface area contributed by atoms with Gasteiger partial charge in [0.05, 0.1) is 17.6 Å². The van der Waals surface area contributed by atoms with Gasteiger partial charge in [0.25, 0.3) is 5.92 Å². The molecule has 0 radical (unpaired) electrons. The lowest BCUT2D eigenvalue weighted by molar-refractivity contribution is -0.131. The van der Waals surface area contributed by atoms with Crippen LogP contribution in [0, 0.1) is 46.8 Å². The van der Waals surface area contributed by atoms with Crippen molar-refractivity contribution in [1.82, 2.24) is 20.0 Å². The van der Waals surface area contributed by atoms with Gasteiger partial charge in [0.2, 0.25) is 0 Å². The van der Waals surface area contributed by atoms with E-state index < -0.39 is 17.4 Å². The van der Waals surface area contributed by atoms with E-state index in [1.807, 2.05) is 6.07 Å². The Balaban J connectivity index is 1.10. The van der Waals surface area contributed by atoms with Crippen LogP contribution in [0.5, 0.6) is 0 Å². The summed E-state index contributed by atoms with van der Waals surface area (Å²) in [5, 5.41) is 18.8. The van der Waals surface area contributed by atoms with Crippen LogP contribution < -0.4 is 0 Å². The zero-order chi connectivity index (χ0) is 23.5. The number of halogens is 2. The van der Waals surface area contributed by atoms with E-state index in [4.69, 9.17) is 0 Å². The van der Waals surface area contributed by atoms with Crippen molar-refractivity contribution in [3.63, 3.8) is 0 Å². The van der Waals surface area contributed by atoms with Gasteiger partial charge in [0.1, 0.15) is 17.7 Å². The molecular formula is C26H32F2N4O2. The first kappa shape index (κ1) is 21.3. The van der Waals surface area contributed by atoms with E-state index in [9.17, 15) is 18.7 Å². The van der Waals surface area contributed by atoms with Crippen LogP contribution in [0.2, 0.25) is 0 Å². The molecule has 2 aromatic heterocycles. The molecule has 0 saturated heterocycles. The molecule has 0 aromatic carbocycles. The number of alkyl halides is 2. The van der Waals surface area contributed by atoms with Crippen molar-refractivity contribution in [2.45, 2.75) is 76.4 Å². The van der Waals surface area contributed by atoms with Crippen LogP contribution in [-0.4, -0.2) is 42.4 Å². The molecule has 0 spiro atoms. The second-order valence-corrected chi connectivity index (χ2v) is 12.2. The summed E-state index contributed by atoms with van der Waals surface area (Å²) in [5.41, 5.74) is -0.221. The van der Waals surface area contributed by atoms with Gasteiger partial charge in [-0.2, -0.15) is 0 Å². The van der Waals surface area contributed by atoms with E-state index in [-0.39, 0.29) is 36.0 Å². The summed E-state index contributed by atoms with van der Waals surface area (Å²) in [6, 6.07) is 1.85. The highest BCUT2D eigenvalue weighted by Crippen LogP contribution is 2.73. The average molecular weight is 471 g/mol.